The van der Waals surface area contributed by atoms with Gasteiger partial charge in [-0.15, -0.1) is 0 Å². The highest BCUT2D eigenvalue weighted by Crippen LogP contribution is 2.34. The molecule has 1 aromatic carbocycles. The zero-order chi connectivity index (χ0) is 15.4. The molecule has 0 aliphatic heterocycles. The van der Waals surface area contributed by atoms with Gasteiger partial charge in [0.2, 0.25) is 0 Å². The summed E-state index contributed by atoms with van der Waals surface area (Å²) in [4.78, 5) is 2.19. The van der Waals surface area contributed by atoms with Crippen molar-refractivity contribution in [1.82, 2.24) is 5.32 Å². The van der Waals surface area contributed by atoms with Crippen LogP contribution in [0.3, 0.4) is 0 Å². The van der Waals surface area contributed by atoms with Crippen LogP contribution in [0.15, 0.2) is 18.2 Å². The van der Waals surface area contributed by atoms with E-state index in [0.717, 1.165) is 23.7 Å². The van der Waals surface area contributed by atoms with Gasteiger partial charge in [-0.2, -0.15) is 0 Å². The van der Waals surface area contributed by atoms with Gasteiger partial charge in [0.15, 0.2) is 0 Å². The number of hydrogen-bond acceptors (Lipinski definition) is 2. The summed E-state index contributed by atoms with van der Waals surface area (Å²) in [5, 5.41) is 3.40. The van der Waals surface area contributed by atoms with Gasteiger partial charge in [-0.1, -0.05) is 38.8 Å². The van der Waals surface area contributed by atoms with Gasteiger partial charge in [0.1, 0.15) is 5.82 Å². The number of benzene rings is 1. The molecule has 0 saturated heterocycles. The van der Waals surface area contributed by atoms with Crippen LogP contribution in [0.4, 0.5) is 10.1 Å². The Morgan fingerprint density at radius 2 is 2.14 bits per heavy atom. The summed E-state index contributed by atoms with van der Waals surface area (Å²) in [5.74, 6) is 0.644. The Labute approximate surface area is 128 Å². The van der Waals surface area contributed by atoms with E-state index in [9.17, 15) is 4.39 Å². The van der Waals surface area contributed by atoms with E-state index in [1.54, 1.807) is 6.07 Å². The Morgan fingerprint density at radius 3 is 2.81 bits per heavy atom. The second-order valence-electron chi connectivity index (χ2n) is 6.49. The Balaban J connectivity index is 2.28. The van der Waals surface area contributed by atoms with Crippen molar-refractivity contribution in [2.45, 2.75) is 58.5 Å². The van der Waals surface area contributed by atoms with Crippen LogP contribution in [0, 0.1) is 11.7 Å². The molecule has 1 aliphatic carbocycles. The molecule has 0 spiro atoms. The molecule has 1 N–H and O–H groups in total. The second-order valence-corrected chi connectivity index (χ2v) is 6.49. The fraction of sp³-hybridized carbons (Fsp3) is 0.667. The number of para-hydroxylation sites is 1. The van der Waals surface area contributed by atoms with Gasteiger partial charge >= 0.3 is 0 Å². The summed E-state index contributed by atoms with van der Waals surface area (Å²) in [7, 11) is 2.06. The van der Waals surface area contributed by atoms with Crippen LogP contribution in [0.5, 0.6) is 0 Å². The average Bonchev–Trinajstić information content (AvgIpc) is 2.46. The molecule has 3 unspecified atom stereocenters. The minimum absolute atomic E-state index is 0.0991. The first-order valence-corrected chi connectivity index (χ1v) is 8.29. The van der Waals surface area contributed by atoms with E-state index in [0.29, 0.717) is 6.04 Å². The lowest BCUT2D eigenvalue weighted by molar-refractivity contribution is 0.334. The molecule has 0 radical (unpaired) electrons. The van der Waals surface area contributed by atoms with Crippen molar-refractivity contribution in [2.75, 3.05) is 18.5 Å². The summed E-state index contributed by atoms with van der Waals surface area (Å²) in [6, 6.07) is 6.08. The maximum absolute atomic E-state index is 14.5. The molecule has 2 nitrogen and oxygen atoms in total. The molecule has 0 bridgehead atoms. The molecule has 0 amide bonds. The average molecular weight is 292 g/mol. The summed E-state index contributed by atoms with van der Waals surface area (Å²) in [5.41, 5.74) is 1.85. The number of nitrogens with zero attached hydrogens (tertiary/aromatic N) is 1. The summed E-state index contributed by atoms with van der Waals surface area (Å²) in [6.07, 6.45) is 4.90. The van der Waals surface area contributed by atoms with Gasteiger partial charge in [-0.3, -0.25) is 0 Å². The zero-order valence-corrected chi connectivity index (χ0v) is 13.8. The summed E-state index contributed by atoms with van der Waals surface area (Å²) < 4.78 is 14.5. The zero-order valence-electron chi connectivity index (χ0n) is 13.8. The predicted molar refractivity (Wildman–Crippen MR) is 88.3 cm³/mol. The molecule has 0 heterocycles. The van der Waals surface area contributed by atoms with E-state index in [2.05, 4.69) is 44.1 Å². The van der Waals surface area contributed by atoms with Crippen molar-refractivity contribution in [3.63, 3.8) is 0 Å². The maximum atomic E-state index is 14.5. The van der Waals surface area contributed by atoms with E-state index in [-0.39, 0.29) is 11.9 Å². The lowest BCUT2D eigenvalue weighted by atomic mass is 9.86. The number of hydrogen-bond donors (Lipinski definition) is 1. The molecule has 21 heavy (non-hydrogen) atoms. The van der Waals surface area contributed by atoms with Crippen LogP contribution in [0.1, 0.15) is 58.1 Å². The predicted octanol–water partition coefficient (Wildman–Crippen LogP) is 4.51. The Bertz CT molecular complexity index is 461. The van der Waals surface area contributed by atoms with Crippen LogP contribution in [-0.2, 0) is 0 Å². The first kappa shape index (κ1) is 16.3. The van der Waals surface area contributed by atoms with Crippen molar-refractivity contribution >= 4 is 5.69 Å². The van der Waals surface area contributed by atoms with Crippen molar-refractivity contribution in [1.29, 1.82) is 0 Å². The molecule has 3 atom stereocenters. The highest BCUT2D eigenvalue weighted by atomic mass is 19.1. The molecule has 1 aliphatic rings. The third-order valence-electron chi connectivity index (χ3n) is 4.80. The minimum Gasteiger partial charge on any atom is -0.369 e. The van der Waals surface area contributed by atoms with Crippen molar-refractivity contribution in [3.05, 3.63) is 29.6 Å². The van der Waals surface area contributed by atoms with E-state index in [1.807, 2.05) is 6.07 Å². The largest absolute Gasteiger partial charge is 0.369 e. The van der Waals surface area contributed by atoms with Gasteiger partial charge in [-0.25, -0.2) is 4.39 Å². The molecule has 118 valence electrons. The molecule has 1 fully saturated rings. The van der Waals surface area contributed by atoms with Gasteiger partial charge in [-0.05, 0) is 43.9 Å². The third-order valence-corrected chi connectivity index (χ3v) is 4.80. The fourth-order valence-electron chi connectivity index (χ4n) is 3.61. The highest BCUT2D eigenvalue weighted by Gasteiger charge is 2.26. The van der Waals surface area contributed by atoms with Crippen LogP contribution in [0.25, 0.3) is 0 Å². The normalized spacial score (nSPS) is 23.9. The maximum Gasteiger partial charge on any atom is 0.146 e. The first-order chi connectivity index (χ1) is 10.0. The van der Waals surface area contributed by atoms with Gasteiger partial charge in [0.25, 0.3) is 0 Å². The molecule has 0 aromatic heterocycles. The smallest absolute Gasteiger partial charge is 0.146 e. The molecule has 2 rings (SSSR count). The van der Waals surface area contributed by atoms with Gasteiger partial charge in [0, 0.05) is 19.1 Å². The molecule has 1 saturated carbocycles. The Hall–Kier alpha value is -1.09. The topological polar surface area (TPSA) is 15.3 Å². The van der Waals surface area contributed by atoms with E-state index in [1.165, 1.54) is 25.7 Å². The SMILES string of the molecule is CCNC(C)c1cccc(F)c1N(C)C1CCCC(C)C1. The van der Waals surface area contributed by atoms with E-state index in [4.69, 9.17) is 0 Å². The van der Waals surface area contributed by atoms with Crippen LogP contribution in [0.2, 0.25) is 0 Å². The van der Waals surface area contributed by atoms with Crippen LogP contribution in [-0.4, -0.2) is 19.6 Å². The Kier molecular flexibility index (Phi) is 5.63. The highest BCUT2D eigenvalue weighted by molar-refractivity contribution is 5.56. The standard InChI is InChI=1S/C18H29FN2/c1-5-20-14(3)16-10-7-11-17(19)18(16)21(4)15-9-6-8-13(2)12-15/h7,10-11,13-15,20H,5-6,8-9,12H2,1-4H3. The van der Waals surface area contributed by atoms with Crippen molar-refractivity contribution < 1.29 is 4.39 Å². The molecular formula is C18H29FN2. The van der Waals surface area contributed by atoms with E-state index >= 15 is 0 Å². The minimum atomic E-state index is -0.0991. The first-order valence-electron chi connectivity index (χ1n) is 8.29. The number of rotatable bonds is 5. The monoisotopic (exact) mass is 292 g/mol. The van der Waals surface area contributed by atoms with Crippen molar-refractivity contribution in [3.8, 4) is 0 Å². The third kappa shape index (κ3) is 3.76. The van der Waals surface area contributed by atoms with Crippen molar-refractivity contribution in [2.24, 2.45) is 5.92 Å². The second kappa shape index (κ2) is 7.26. The lowest BCUT2D eigenvalue weighted by Gasteiger charge is -2.37. The molecule has 3 heteroatoms. The lowest BCUT2D eigenvalue weighted by Crippen LogP contribution is -2.37. The molecule has 1 aromatic rings. The van der Waals surface area contributed by atoms with Gasteiger partial charge in [0.05, 0.1) is 5.69 Å². The number of halogens is 1. The Morgan fingerprint density at radius 1 is 1.38 bits per heavy atom. The fourth-order valence-corrected chi connectivity index (χ4v) is 3.61. The number of nitrogens with one attached hydrogen (secondary N) is 1. The van der Waals surface area contributed by atoms with Crippen LogP contribution >= 0.6 is 0 Å². The molecular weight excluding hydrogens is 263 g/mol. The van der Waals surface area contributed by atoms with Crippen LogP contribution < -0.4 is 10.2 Å². The summed E-state index contributed by atoms with van der Waals surface area (Å²) >= 11 is 0. The summed E-state index contributed by atoms with van der Waals surface area (Å²) in [6.45, 7) is 7.39. The van der Waals surface area contributed by atoms with Gasteiger partial charge < -0.3 is 10.2 Å². The van der Waals surface area contributed by atoms with E-state index < -0.39 is 0 Å². The quantitative estimate of drug-likeness (QED) is 0.859. The number of anilines is 1.